The minimum absolute atomic E-state index is 0.188. The van der Waals surface area contributed by atoms with E-state index in [4.69, 9.17) is 14.2 Å². The van der Waals surface area contributed by atoms with Crippen molar-refractivity contribution in [3.8, 4) is 17.2 Å². The van der Waals surface area contributed by atoms with Gasteiger partial charge in [0.05, 0.1) is 32.2 Å². The van der Waals surface area contributed by atoms with Crippen LogP contribution in [-0.4, -0.2) is 31.3 Å². The van der Waals surface area contributed by atoms with Crippen LogP contribution in [0, 0.1) is 0 Å². The Bertz CT molecular complexity index is 953. The zero-order valence-electron chi connectivity index (χ0n) is 14.3. The largest absolute Gasteiger partial charge is 0.493 e. The predicted octanol–water partition coefficient (Wildman–Crippen LogP) is 2.56. The van der Waals surface area contributed by atoms with Gasteiger partial charge in [0.25, 0.3) is 5.56 Å². The molecule has 3 rings (SSSR count). The fourth-order valence-corrected chi connectivity index (χ4v) is 2.65. The van der Waals surface area contributed by atoms with E-state index in [1.807, 2.05) is 12.1 Å². The van der Waals surface area contributed by atoms with E-state index in [0.717, 1.165) is 5.56 Å². The van der Waals surface area contributed by atoms with Crippen LogP contribution in [-0.2, 0) is 6.54 Å². The molecular formula is C18H19N3O4. The van der Waals surface area contributed by atoms with Gasteiger partial charge in [-0.2, -0.15) is 0 Å². The SMILES string of the molecule is COc1ccc(CNc2nc3ccccc3c(=O)[nH]2)c(OC)c1OC. The molecule has 0 aliphatic heterocycles. The van der Waals surface area contributed by atoms with Gasteiger partial charge in [0, 0.05) is 12.1 Å². The summed E-state index contributed by atoms with van der Waals surface area (Å²) in [6.07, 6.45) is 0. The van der Waals surface area contributed by atoms with Gasteiger partial charge in [0.2, 0.25) is 11.7 Å². The summed E-state index contributed by atoms with van der Waals surface area (Å²) < 4.78 is 16.1. The third kappa shape index (κ3) is 3.21. The summed E-state index contributed by atoms with van der Waals surface area (Å²) in [5.74, 6) is 2.06. The normalized spacial score (nSPS) is 10.5. The fraction of sp³-hybridized carbons (Fsp3) is 0.222. The summed E-state index contributed by atoms with van der Waals surface area (Å²) in [5.41, 5.74) is 1.29. The van der Waals surface area contributed by atoms with Crippen LogP contribution in [0.5, 0.6) is 17.2 Å². The van der Waals surface area contributed by atoms with Crippen molar-refractivity contribution in [2.24, 2.45) is 0 Å². The fourth-order valence-electron chi connectivity index (χ4n) is 2.65. The number of aromatic nitrogens is 2. The topological polar surface area (TPSA) is 85.5 Å². The van der Waals surface area contributed by atoms with Gasteiger partial charge in [-0.05, 0) is 24.3 Å². The molecule has 0 aliphatic carbocycles. The van der Waals surface area contributed by atoms with Crippen molar-refractivity contribution in [2.45, 2.75) is 6.54 Å². The second kappa shape index (κ2) is 7.12. The lowest BCUT2D eigenvalue weighted by Gasteiger charge is -2.16. The molecular weight excluding hydrogens is 322 g/mol. The van der Waals surface area contributed by atoms with Gasteiger partial charge in [0.1, 0.15) is 0 Å². The molecule has 0 unspecified atom stereocenters. The van der Waals surface area contributed by atoms with E-state index in [1.165, 1.54) is 0 Å². The molecule has 0 bridgehead atoms. The molecule has 0 aliphatic rings. The standard InChI is InChI=1S/C18H19N3O4/c1-23-14-9-8-11(15(24-2)16(14)25-3)10-19-18-20-13-7-5-4-6-12(13)17(22)21-18/h4-9H,10H2,1-3H3,(H2,19,20,21,22). The van der Waals surface area contributed by atoms with Crippen molar-refractivity contribution < 1.29 is 14.2 Å². The Balaban J connectivity index is 1.90. The van der Waals surface area contributed by atoms with Crippen LogP contribution in [0.1, 0.15) is 5.56 Å². The monoisotopic (exact) mass is 341 g/mol. The Kier molecular flexibility index (Phi) is 4.74. The van der Waals surface area contributed by atoms with Crippen molar-refractivity contribution >= 4 is 16.9 Å². The van der Waals surface area contributed by atoms with Gasteiger partial charge in [-0.25, -0.2) is 4.98 Å². The average molecular weight is 341 g/mol. The molecule has 0 saturated heterocycles. The van der Waals surface area contributed by atoms with E-state index in [-0.39, 0.29) is 5.56 Å². The molecule has 0 radical (unpaired) electrons. The summed E-state index contributed by atoms with van der Waals surface area (Å²) in [6.45, 7) is 0.394. The lowest BCUT2D eigenvalue weighted by atomic mass is 10.1. The highest BCUT2D eigenvalue weighted by molar-refractivity contribution is 5.78. The van der Waals surface area contributed by atoms with Gasteiger partial charge >= 0.3 is 0 Å². The van der Waals surface area contributed by atoms with Crippen LogP contribution >= 0.6 is 0 Å². The lowest BCUT2D eigenvalue weighted by Crippen LogP contribution is -2.13. The number of H-pyrrole nitrogens is 1. The first-order chi connectivity index (χ1) is 12.2. The number of ether oxygens (including phenoxy) is 3. The number of hydrogen-bond acceptors (Lipinski definition) is 6. The number of anilines is 1. The van der Waals surface area contributed by atoms with Crippen molar-refractivity contribution in [3.63, 3.8) is 0 Å². The molecule has 1 heterocycles. The molecule has 0 saturated carbocycles. The third-order valence-electron chi connectivity index (χ3n) is 3.84. The molecule has 0 atom stereocenters. The summed E-state index contributed by atoms with van der Waals surface area (Å²) in [4.78, 5) is 19.3. The quantitative estimate of drug-likeness (QED) is 0.717. The van der Waals surface area contributed by atoms with E-state index in [9.17, 15) is 4.79 Å². The number of para-hydroxylation sites is 1. The number of nitrogens with one attached hydrogen (secondary N) is 2. The smallest absolute Gasteiger partial charge is 0.260 e. The molecule has 130 valence electrons. The predicted molar refractivity (Wildman–Crippen MR) is 95.8 cm³/mol. The maximum atomic E-state index is 12.1. The minimum atomic E-state index is -0.188. The molecule has 7 nitrogen and oxygen atoms in total. The first kappa shape index (κ1) is 16.6. The van der Waals surface area contributed by atoms with Crippen molar-refractivity contribution in [1.29, 1.82) is 0 Å². The van der Waals surface area contributed by atoms with Crippen molar-refractivity contribution in [2.75, 3.05) is 26.6 Å². The Labute approximate surface area is 144 Å². The lowest BCUT2D eigenvalue weighted by molar-refractivity contribution is 0.322. The molecule has 7 heteroatoms. The number of fused-ring (bicyclic) bond motifs is 1. The van der Waals surface area contributed by atoms with Crippen LogP contribution in [0.25, 0.3) is 10.9 Å². The summed E-state index contributed by atoms with van der Waals surface area (Å²) in [7, 11) is 4.69. The molecule has 2 N–H and O–H groups in total. The second-order valence-corrected chi connectivity index (χ2v) is 5.28. The van der Waals surface area contributed by atoms with E-state index < -0.39 is 0 Å². The van der Waals surface area contributed by atoms with Crippen molar-refractivity contribution in [3.05, 3.63) is 52.3 Å². The van der Waals surface area contributed by atoms with E-state index in [2.05, 4.69) is 15.3 Å². The van der Waals surface area contributed by atoms with Gasteiger partial charge in [-0.15, -0.1) is 0 Å². The number of rotatable bonds is 6. The van der Waals surface area contributed by atoms with Gasteiger partial charge in [-0.3, -0.25) is 9.78 Å². The third-order valence-corrected chi connectivity index (χ3v) is 3.84. The van der Waals surface area contributed by atoms with Crippen LogP contribution < -0.4 is 25.1 Å². The van der Waals surface area contributed by atoms with E-state index >= 15 is 0 Å². The van der Waals surface area contributed by atoms with E-state index in [0.29, 0.717) is 40.6 Å². The van der Waals surface area contributed by atoms with Gasteiger partial charge in [-0.1, -0.05) is 12.1 Å². The molecule has 1 aromatic heterocycles. The summed E-state index contributed by atoms with van der Waals surface area (Å²) in [6, 6.07) is 10.9. The highest BCUT2D eigenvalue weighted by Gasteiger charge is 2.15. The Morgan fingerprint density at radius 1 is 1.00 bits per heavy atom. The van der Waals surface area contributed by atoms with Crippen molar-refractivity contribution in [1.82, 2.24) is 9.97 Å². The molecule has 0 amide bonds. The number of nitrogens with zero attached hydrogens (tertiary/aromatic N) is 1. The minimum Gasteiger partial charge on any atom is -0.493 e. The molecule has 0 spiro atoms. The van der Waals surface area contributed by atoms with Gasteiger partial charge in [0.15, 0.2) is 11.5 Å². The maximum absolute atomic E-state index is 12.1. The zero-order valence-corrected chi connectivity index (χ0v) is 14.3. The molecule has 0 fully saturated rings. The highest BCUT2D eigenvalue weighted by atomic mass is 16.5. The van der Waals surface area contributed by atoms with E-state index in [1.54, 1.807) is 45.6 Å². The Hall–Kier alpha value is -3.22. The second-order valence-electron chi connectivity index (χ2n) is 5.28. The number of aromatic amines is 1. The molecule has 3 aromatic rings. The summed E-state index contributed by atoms with van der Waals surface area (Å²) >= 11 is 0. The highest BCUT2D eigenvalue weighted by Crippen LogP contribution is 2.39. The number of hydrogen-bond donors (Lipinski definition) is 2. The Morgan fingerprint density at radius 2 is 1.76 bits per heavy atom. The van der Waals surface area contributed by atoms with Gasteiger partial charge < -0.3 is 19.5 Å². The van der Waals surface area contributed by atoms with Crippen LogP contribution in [0.3, 0.4) is 0 Å². The molecule has 2 aromatic carbocycles. The zero-order chi connectivity index (χ0) is 17.8. The first-order valence-electron chi connectivity index (χ1n) is 7.68. The number of methoxy groups -OCH3 is 3. The Morgan fingerprint density at radius 3 is 2.48 bits per heavy atom. The number of benzene rings is 2. The van der Waals surface area contributed by atoms with Crippen LogP contribution in [0.15, 0.2) is 41.2 Å². The maximum Gasteiger partial charge on any atom is 0.260 e. The average Bonchev–Trinajstić information content (AvgIpc) is 2.65. The summed E-state index contributed by atoms with van der Waals surface area (Å²) in [5, 5.41) is 3.67. The van der Waals surface area contributed by atoms with Crippen LogP contribution in [0.2, 0.25) is 0 Å². The first-order valence-corrected chi connectivity index (χ1v) is 7.68. The molecule has 25 heavy (non-hydrogen) atoms. The van der Waals surface area contributed by atoms with Crippen LogP contribution in [0.4, 0.5) is 5.95 Å².